The Hall–Kier alpha value is -1.55. The van der Waals surface area contributed by atoms with Crippen molar-refractivity contribution in [2.24, 2.45) is 5.73 Å². The number of carbonyl (C=O) groups is 1. The van der Waals surface area contributed by atoms with Gasteiger partial charge in [-0.2, -0.15) is 0 Å². The molecule has 0 atom stereocenters. The van der Waals surface area contributed by atoms with Gasteiger partial charge in [-0.15, -0.1) is 0 Å². The van der Waals surface area contributed by atoms with Crippen molar-refractivity contribution in [3.8, 4) is 5.75 Å². The molecule has 0 spiro atoms. The molecular weight excluding hydrogens is 216 g/mol. The lowest BCUT2D eigenvalue weighted by molar-refractivity contribution is 0.0939. The third-order valence-corrected chi connectivity index (χ3v) is 3.16. The van der Waals surface area contributed by atoms with Crippen molar-refractivity contribution in [1.29, 1.82) is 0 Å². The number of para-hydroxylation sites is 1. The van der Waals surface area contributed by atoms with Crippen LogP contribution in [0.25, 0.3) is 0 Å². The van der Waals surface area contributed by atoms with E-state index in [4.69, 9.17) is 5.73 Å². The smallest absolute Gasteiger partial charge is 0.255 e. The monoisotopic (exact) mass is 236 g/mol. The fraction of sp³-hybridized carbons (Fsp3) is 0.462. The zero-order chi connectivity index (χ0) is 12.9. The van der Waals surface area contributed by atoms with E-state index in [0.29, 0.717) is 6.54 Å². The number of hydrogen-bond acceptors (Lipinski definition) is 3. The Morgan fingerprint density at radius 2 is 1.94 bits per heavy atom. The number of phenolic OH excluding ortho intramolecular Hbond substituents is 1. The van der Waals surface area contributed by atoms with Gasteiger partial charge in [-0.05, 0) is 25.0 Å². The molecule has 17 heavy (non-hydrogen) atoms. The second-order valence-electron chi connectivity index (χ2n) is 4.27. The standard InChI is InChI=1S/C13H20N2O2/c1-3-13(14,4-2)9-15-12(17)10-7-5-6-8-11(10)16/h5-8,16H,3-4,9,14H2,1-2H3,(H,15,17). The number of rotatable bonds is 5. The first kappa shape index (κ1) is 13.5. The molecule has 1 aromatic carbocycles. The summed E-state index contributed by atoms with van der Waals surface area (Å²) in [5, 5.41) is 12.3. The van der Waals surface area contributed by atoms with E-state index in [0.717, 1.165) is 12.8 Å². The summed E-state index contributed by atoms with van der Waals surface area (Å²) < 4.78 is 0. The number of aromatic hydroxyl groups is 1. The Kier molecular flexibility index (Phi) is 4.52. The topological polar surface area (TPSA) is 75.3 Å². The van der Waals surface area contributed by atoms with Gasteiger partial charge in [0.2, 0.25) is 0 Å². The quantitative estimate of drug-likeness (QED) is 0.727. The lowest BCUT2D eigenvalue weighted by Gasteiger charge is -2.26. The van der Waals surface area contributed by atoms with E-state index in [1.807, 2.05) is 13.8 Å². The molecule has 1 rings (SSSR count). The molecule has 0 unspecified atom stereocenters. The van der Waals surface area contributed by atoms with E-state index in [1.54, 1.807) is 18.2 Å². The highest BCUT2D eigenvalue weighted by molar-refractivity contribution is 5.96. The van der Waals surface area contributed by atoms with Gasteiger partial charge in [0.15, 0.2) is 0 Å². The summed E-state index contributed by atoms with van der Waals surface area (Å²) in [4.78, 5) is 11.8. The fourth-order valence-electron chi connectivity index (χ4n) is 1.52. The van der Waals surface area contributed by atoms with Crippen LogP contribution in [-0.2, 0) is 0 Å². The molecule has 0 fully saturated rings. The molecule has 0 aliphatic heterocycles. The van der Waals surface area contributed by atoms with Crippen molar-refractivity contribution in [3.63, 3.8) is 0 Å². The number of nitrogens with two attached hydrogens (primary N) is 1. The van der Waals surface area contributed by atoms with E-state index >= 15 is 0 Å². The van der Waals surface area contributed by atoms with Crippen LogP contribution in [0.15, 0.2) is 24.3 Å². The highest BCUT2D eigenvalue weighted by Crippen LogP contribution is 2.16. The van der Waals surface area contributed by atoms with E-state index in [1.165, 1.54) is 6.07 Å². The van der Waals surface area contributed by atoms with Crippen LogP contribution >= 0.6 is 0 Å². The van der Waals surface area contributed by atoms with Gasteiger partial charge in [0, 0.05) is 12.1 Å². The zero-order valence-corrected chi connectivity index (χ0v) is 10.4. The molecule has 0 bridgehead atoms. The van der Waals surface area contributed by atoms with Gasteiger partial charge in [0.05, 0.1) is 5.56 Å². The van der Waals surface area contributed by atoms with E-state index in [-0.39, 0.29) is 22.8 Å². The third kappa shape index (κ3) is 3.46. The minimum atomic E-state index is -0.375. The molecule has 94 valence electrons. The minimum absolute atomic E-state index is 0.0133. The van der Waals surface area contributed by atoms with Crippen LogP contribution in [0.5, 0.6) is 5.75 Å². The van der Waals surface area contributed by atoms with Crippen LogP contribution in [0.2, 0.25) is 0 Å². The van der Waals surface area contributed by atoms with Crippen LogP contribution in [0.3, 0.4) is 0 Å². The van der Waals surface area contributed by atoms with Gasteiger partial charge in [-0.1, -0.05) is 26.0 Å². The summed E-state index contributed by atoms with van der Waals surface area (Å²) in [7, 11) is 0. The maximum atomic E-state index is 11.8. The second-order valence-corrected chi connectivity index (χ2v) is 4.27. The number of phenols is 1. The molecule has 0 heterocycles. The summed E-state index contributed by atoms with van der Waals surface area (Å²) in [5.41, 5.74) is 5.99. The first-order valence-corrected chi connectivity index (χ1v) is 5.87. The SMILES string of the molecule is CCC(N)(CC)CNC(=O)c1ccccc1O. The largest absolute Gasteiger partial charge is 0.507 e. The minimum Gasteiger partial charge on any atom is -0.507 e. The number of benzene rings is 1. The van der Waals surface area contributed by atoms with Crippen LogP contribution in [-0.4, -0.2) is 23.1 Å². The highest BCUT2D eigenvalue weighted by Gasteiger charge is 2.21. The first-order chi connectivity index (χ1) is 8.02. The summed E-state index contributed by atoms with van der Waals surface area (Å²) in [6.07, 6.45) is 1.59. The van der Waals surface area contributed by atoms with Gasteiger partial charge in [0.1, 0.15) is 5.75 Å². The highest BCUT2D eigenvalue weighted by atomic mass is 16.3. The molecular formula is C13H20N2O2. The summed E-state index contributed by atoms with van der Waals surface area (Å²) in [6.45, 7) is 4.40. The Morgan fingerprint density at radius 3 is 2.47 bits per heavy atom. The molecule has 1 amide bonds. The molecule has 0 aliphatic rings. The average molecular weight is 236 g/mol. The van der Waals surface area contributed by atoms with Crippen LogP contribution in [0, 0.1) is 0 Å². The Morgan fingerprint density at radius 1 is 1.35 bits per heavy atom. The summed E-state index contributed by atoms with van der Waals surface area (Å²) in [5.74, 6) is -0.305. The molecule has 4 N–H and O–H groups in total. The van der Waals surface area contributed by atoms with Crippen molar-refractivity contribution >= 4 is 5.91 Å². The summed E-state index contributed by atoms with van der Waals surface area (Å²) >= 11 is 0. The third-order valence-electron chi connectivity index (χ3n) is 3.16. The number of amides is 1. The maximum absolute atomic E-state index is 11.8. The molecule has 0 radical (unpaired) electrons. The van der Waals surface area contributed by atoms with Crippen molar-refractivity contribution in [2.45, 2.75) is 32.2 Å². The second kappa shape index (κ2) is 5.68. The molecule has 4 nitrogen and oxygen atoms in total. The lowest BCUT2D eigenvalue weighted by atomic mass is 9.94. The maximum Gasteiger partial charge on any atom is 0.255 e. The predicted octanol–water partition coefficient (Wildman–Crippen LogP) is 1.64. The predicted molar refractivity (Wildman–Crippen MR) is 67.9 cm³/mol. The summed E-state index contributed by atoms with van der Waals surface area (Å²) in [6, 6.07) is 6.46. The van der Waals surface area contributed by atoms with Gasteiger partial charge in [-0.3, -0.25) is 4.79 Å². The zero-order valence-electron chi connectivity index (χ0n) is 10.4. The Balaban J connectivity index is 2.65. The van der Waals surface area contributed by atoms with E-state index in [9.17, 15) is 9.90 Å². The van der Waals surface area contributed by atoms with Gasteiger partial charge in [0.25, 0.3) is 5.91 Å². The fourth-order valence-corrected chi connectivity index (χ4v) is 1.52. The molecule has 1 aromatic rings. The van der Waals surface area contributed by atoms with Crippen LogP contribution < -0.4 is 11.1 Å². The number of carbonyl (C=O) groups excluding carboxylic acids is 1. The van der Waals surface area contributed by atoms with E-state index in [2.05, 4.69) is 5.32 Å². The molecule has 0 aliphatic carbocycles. The molecule has 0 aromatic heterocycles. The van der Waals surface area contributed by atoms with Crippen molar-refractivity contribution < 1.29 is 9.90 Å². The molecule has 0 saturated carbocycles. The first-order valence-electron chi connectivity index (χ1n) is 5.87. The Bertz CT molecular complexity index is 387. The average Bonchev–Trinajstić information content (AvgIpc) is 2.36. The van der Waals surface area contributed by atoms with Crippen molar-refractivity contribution in [1.82, 2.24) is 5.32 Å². The van der Waals surface area contributed by atoms with Crippen LogP contribution in [0.1, 0.15) is 37.0 Å². The normalized spacial score (nSPS) is 11.2. The Labute approximate surface area is 102 Å². The lowest BCUT2D eigenvalue weighted by Crippen LogP contribution is -2.49. The van der Waals surface area contributed by atoms with Gasteiger partial charge >= 0.3 is 0 Å². The number of nitrogens with one attached hydrogen (secondary N) is 1. The van der Waals surface area contributed by atoms with Crippen LogP contribution in [0.4, 0.5) is 0 Å². The number of hydrogen-bond donors (Lipinski definition) is 3. The van der Waals surface area contributed by atoms with Crippen molar-refractivity contribution in [3.05, 3.63) is 29.8 Å². The molecule has 4 heteroatoms. The van der Waals surface area contributed by atoms with Gasteiger partial charge in [-0.25, -0.2) is 0 Å². The molecule has 0 saturated heterocycles. The van der Waals surface area contributed by atoms with Gasteiger partial charge < -0.3 is 16.2 Å². The van der Waals surface area contributed by atoms with E-state index < -0.39 is 0 Å². The van der Waals surface area contributed by atoms with Crippen molar-refractivity contribution in [2.75, 3.05) is 6.54 Å².